The molecule has 0 heterocycles. The molecule has 0 aliphatic rings. The number of esters is 1. The zero-order valence-corrected chi connectivity index (χ0v) is 19.6. The smallest absolute Gasteiger partial charge is 0.333 e. The Kier molecular flexibility index (Phi) is 8.07. The SMILES string of the molecule is C=C(C)C(=O)OC(COCCCC)COc1c2ccccc2cc2ccc(S(=O)(=O)O)cc12. The molecule has 7 nitrogen and oxygen atoms in total. The molecule has 0 fully saturated rings. The van der Waals surface area contributed by atoms with Crippen LogP contribution < -0.4 is 4.74 Å². The van der Waals surface area contributed by atoms with Gasteiger partial charge in [-0.1, -0.05) is 50.3 Å². The van der Waals surface area contributed by atoms with Gasteiger partial charge in [0.2, 0.25) is 0 Å². The quantitative estimate of drug-likeness (QED) is 0.139. The molecule has 176 valence electrons. The van der Waals surface area contributed by atoms with Gasteiger partial charge in [-0.2, -0.15) is 8.42 Å². The number of hydrogen-bond acceptors (Lipinski definition) is 6. The number of benzene rings is 3. The van der Waals surface area contributed by atoms with E-state index in [2.05, 4.69) is 13.5 Å². The second-order valence-electron chi connectivity index (χ2n) is 7.83. The molecule has 0 radical (unpaired) electrons. The van der Waals surface area contributed by atoms with Crippen LogP contribution in [0.15, 0.2) is 65.6 Å². The predicted octanol–water partition coefficient (Wildman–Crippen LogP) is 4.92. The van der Waals surface area contributed by atoms with Crippen LogP contribution in [0.4, 0.5) is 0 Å². The van der Waals surface area contributed by atoms with Crippen LogP contribution >= 0.6 is 0 Å². The molecular weight excluding hydrogens is 444 g/mol. The molecule has 1 N–H and O–H groups in total. The molecule has 0 aliphatic carbocycles. The van der Waals surface area contributed by atoms with Gasteiger partial charge in [0.05, 0.1) is 11.5 Å². The Morgan fingerprint density at radius 3 is 2.48 bits per heavy atom. The normalized spacial score (nSPS) is 12.6. The van der Waals surface area contributed by atoms with E-state index in [0.29, 0.717) is 17.7 Å². The maximum absolute atomic E-state index is 12.1. The Balaban J connectivity index is 1.97. The van der Waals surface area contributed by atoms with E-state index in [1.54, 1.807) is 13.0 Å². The van der Waals surface area contributed by atoms with Crippen molar-refractivity contribution in [3.8, 4) is 5.75 Å². The van der Waals surface area contributed by atoms with Crippen molar-refractivity contribution in [3.05, 3.63) is 60.7 Å². The zero-order chi connectivity index (χ0) is 24.0. The maximum atomic E-state index is 12.1. The topological polar surface area (TPSA) is 99.1 Å². The molecule has 1 unspecified atom stereocenters. The predicted molar refractivity (Wildman–Crippen MR) is 127 cm³/mol. The number of unbranched alkanes of at least 4 members (excludes halogenated alkanes) is 1. The van der Waals surface area contributed by atoms with E-state index in [9.17, 15) is 17.8 Å². The molecule has 0 amide bonds. The van der Waals surface area contributed by atoms with E-state index in [1.807, 2.05) is 30.3 Å². The van der Waals surface area contributed by atoms with E-state index in [1.165, 1.54) is 12.1 Å². The summed E-state index contributed by atoms with van der Waals surface area (Å²) in [6.07, 6.45) is 1.17. The highest BCUT2D eigenvalue weighted by molar-refractivity contribution is 7.85. The van der Waals surface area contributed by atoms with E-state index in [0.717, 1.165) is 29.0 Å². The summed E-state index contributed by atoms with van der Waals surface area (Å²) in [7, 11) is -4.39. The first-order valence-corrected chi connectivity index (χ1v) is 12.1. The number of fused-ring (bicyclic) bond motifs is 2. The van der Waals surface area contributed by atoms with Gasteiger partial charge in [-0.25, -0.2) is 4.79 Å². The van der Waals surface area contributed by atoms with Crippen molar-refractivity contribution in [3.63, 3.8) is 0 Å². The minimum Gasteiger partial charge on any atom is -0.488 e. The van der Waals surface area contributed by atoms with Crippen LogP contribution in [0.5, 0.6) is 5.75 Å². The Hall–Kier alpha value is -2.94. The molecule has 3 aromatic carbocycles. The van der Waals surface area contributed by atoms with Crippen molar-refractivity contribution >= 4 is 37.6 Å². The molecule has 3 rings (SSSR count). The van der Waals surface area contributed by atoms with Crippen LogP contribution in [0.1, 0.15) is 26.7 Å². The van der Waals surface area contributed by atoms with Gasteiger partial charge in [-0.3, -0.25) is 4.55 Å². The van der Waals surface area contributed by atoms with Crippen LogP contribution in [-0.4, -0.2) is 44.9 Å². The monoisotopic (exact) mass is 472 g/mol. The molecule has 0 saturated heterocycles. The van der Waals surface area contributed by atoms with Crippen LogP contribution in [0.25, 0.3) is 21.5 Å². The van der Waals surface area contributed by atoms with Crippen molar-refractivity contribution in [2.24, 2.45) is 0 Å². The lowest BCUT2D eigenvalue weighted by Gasteiger charge is -2.20. The lowest BCUT2D eigenvalue weighted by Crippen LogP contribution is -2.30. The molecule has 33 heavy (non-hydrogen) atoms. The standard InChI is InChI=1S/C25H28O7S/c1-4-5-12-30-15-20(32-25(26)17(2)3)16-31-24-22-9-7-6-8-18(22)13-19-10-11-21(14-23(19)24)33(27,28)29/h6-11,13-14,20H,2,4-5,12,15-16H2,1,3H3,(H,27,28,29). The number of rotatable bonds is 11. The van der Waals surface area contributed by atoms with Gasteiger partial charge in [0, 0.05) is 23.0 Å². The lowest BCUT2D eigenvalue weighted by molar-refractivity contribution is -0.149. The van der Waals surface area contributed by atoms with Gasteiger partial charge in [-0.15, -0.1) is 0 Å². The van der Waals surface area contributed by atoms with E-state index in [-0.39, 0.29) is 23.7 Å². The summed E-state index contributed by atoms with van der Waals surface area (Å²) in [5.41, 5.74) is 0.266. The van der Waals surface area contributed by atoms with E-state index < -0.39 is 22.2 Å². The molecule has 0 bridgehead atoms. The fourth-order valence-corrected chi connectivity index (χ4v) is 3.83. The summed E-state index contributed by atoms with van der Waals surface area (Å²) in [5.74, 6) is -0.113. The van der Waals surface area contributed by atoms with Crippen molar-refractivity contribution in [2.75, 3.05) is 19.8 Å². The Morgan fingerprint density at radius 1 is 1.06 bits per heavy atom. The molecule has 0 aromatic heterocycles. The first-order chi connectivity index (χ1) is 15.7. The summed E-state index contributed by atoms with van der Waals surface area (Å²) in [4.78, 5) is 11.9. The average Bonchev–Trinajstić information content (AvgIpc) is 2.78. The summed E-state index contributed by atoms with van der Waals surface area (Å²) in [6, 6.07) is 13.8. The van der Waals surface area contributed by atoms with Gasteiger partial charge >= 0.3 is 5.97 Å². The van der Waals surface area contributed by atoms with E-state index in [4.69, 9.17) is 14.2 Å². The fraction of sp³-hybridized carbons (Fsp3) is 0.320. The van der Waals surface area contributed by atoms with Gasteiger partial charge in [0.15, 0.2) is 6.10 Å². The zero-order valence-electron chi connectivity index (χ0n) is 18.7. The second-order valence-corrected chi connectivity index (χ2v) is 9.25. The third-order valence-corrected chi connectivity index (χ3v) is 5.92. The molecule has 1 atom stereocenters. The first-order valence-electron chi connectivity index (χ1n) is 10.7. The molecule has 3 aromatic rings. The van der Waals surface area contributed by atoms with Crippen molar-refractivity contribution in [1.82, 2.24) is 0 Å². The number of carbonyl (C=O) groups is 1. The second kappa shape index (κ2) is 10.8. The van der Waals surface area contributed by atoms with Gasteiger partial charge in [-0.05, 0) is 42.3 Å². The summed E-state index contributed by atoms with van der Waals surface area (Å²) in [5, 5.41) is 2.91. The minimum absolute atomic E-state index is 0.00957. The minimum atomic E-state index is -4.39. The third kappa shape index (κ3) is 6.31. The number of hydrogen-bond donors (Lipinski definition) is 1. The summed E-state index contributed by atoms with van der Waals surface area (Å²) >= 11 is 0. The van der Waals surface area contributed by atoms with Gasteiger partial charge < -0.3 is 14.2 Å². The van der Waals surface area contributed by atoms with Crippen LogP contribution in [0.3, 0.4) is 0 Å². The third-order valence-electron chi connectivity index (χ3n) is 5.07. The number of carbonyl (C=O) groups excluding carboxylic acids is 1. The molecule has 0 spiro atoms. The highest BCUT2D eigenvalue weighted by atomic mass is 32.2. The highest BCUT2D eigenvalue weighted by Gasteiger charge is 2.19. The molecule has 0 saturated carbocycles. The van der Waals surface area contributed by atoms with Crippen LogP contribution in [0.2, 0.25) is 0 Å². The molecule has 8 heteroatoms. The van der Waals surface area contributed by atoms with Crippen molar-refractivity contribution in [2.45, 2.75) is 37.7 Å². The largest absolute Gasteiger partial charge is 0.488 e. The maximum Gasteiger partial charge on any atom is 0.333 e. The van der Waals surface area contributed by atoms with Crippen LogP contribution in [-0.2, 0) is 24.4 Å². The van der Waals surface area contributed by atoms with Crippen molar-refractivity contribution < 1.29 is 32.0 Å². The lowest BCUT2D eigenvalue weighted by atomic mass is 10.0. The highest BCUT2D eigenvalue weighted by Crippen LogP contribution is 2.36. The molecule has 0 aliphatic heterocycles. The summed E-state index contributed by atoms with van der Waals surface area (Å²) < 4.78 is 50.2. The fourth-order valence-electron chi connectivity index (χ4n) is 3.32. The Morgan fingerprint density at radius 2 is 1.79 bits per heavy atom. The first kappa shape index (κ1) is 24.7. The van der Waals surface area contributed by atoms with E-state index >= 15 is 0 Å². The number of ether oxygens (including phenoxy) is 3. The Labute approximate surface area is 193 Å². The average molecular weight is 473 g/mol. The van der Waals surface area contributed by atoms with Gasteiger partial charge in [0.1, 0.15) is 12.4 Å². The molecular formula is C25H28O7S. The Bertz CT molecular complexity index is 1260. The van der Waals surface area contributed by atoms with Crippen molar-refractivity contribution in [1.29, 1.82) is 0 Å². The summed E-state index contributed by atoms with van der Waals surface area (Å²) in [6.45, 7) is 7.91. The van der Waals surface area contributed by atoms with Gasteiger partial charge in [0.25, 0.3) is 10.1 Å². The van der Waals surface area contributed by atoms with Crippen LogP contribution in [0, 0.1) is 0 Å².